The Balaban J connectivity index is 1.54. The van der Waals surface area contributed by atoms with E-state index in [1.807, 2.05) is 35.2 Å². The number of benzene rings is 2. The van der Waals surface area contributed by atoms with Gasteiger partial charge in [0.25, 0.3) is 5.91 Å². The van der Waals surface area contributed by atoms with Gasteiger partial charge in [-0.2, -0.15) is 0 Å². The number of para-hydroxylation sites is 2. The van der Waals surface area contributed by atoms with Gasteiger partial charge in [0.05, 0.1) is 0 Å². The van der Waals surface area contributed by atoms with Gasteiger partial charge in [-0.3, -0.25) is 4.79 Å². The van der Waals surface area contributed by atoms with Crippen LogP contribution in [0.4, 0.5) is 5.69 Å². The fourth-order valence-corrected chi connectivity index (χ4v) is 3.21. The van der Waals surface area contributed by atoms with Crippen LogP contribution in [0.15, 0.2) is 54.6 Å². The van der Waals surface area contributed by atoms with Crippen LogP contribution in [0.3, 0.4) is 0 Å². The molecule has 0 atom stereocenters. The zero-order valence-corrected chi connectivity index (χ0v) is 15.0. The van der Waals surface area contributed by atoms with Gasteiger partial charge in [-0.1, -0.05) is 50.2 Å². The van der Waals surface area contributed by atoms with Crippen LogP contribution in [0.5, 0.6) is 5.75 Å². The monoisotopic (exact) mass is 338 g/mol. The van der Waals surface area contributed by atoms with Crippen molar-refractivity contribution in [3.8, 4) is 5.75 Å². The molecule has 25 heavy (non-hydrogen) atoms. The summed E-state index contributed by atoms with van der Waals surface area (Å²) < 4.78 is 5.58. The molecule has 0 radical (unpaired) electrons. The Hall–Kier alpha value is -2.49. The van der Waals surface area contributed by atoms with E-state index in [4.69, 9.17) is 4.74 Å². The van der Waals surface area contributed by atoms with Gasteiger partial charge in [0.1, 0.15) is 5.75 Å². The Kier molecular flexibility index (Phi) is 5.59. The molecule has 3 rings (SSSR count). The molecule has 1 heterocycles. The molecule has 4 nitrogen and oxygen atoms in total. The third-order valence-corrected chi connectivity index (χ3v) is 4.64. The molecule has 1 amide bonds. The summed E-state index contributed by atoms with van der Waals surface area (Å²) in [5.41, 5.74) is 2.67. The maximum Gasteiger partial charge on any atom is 0.260 e. The zero-order valence-electron chi connectivity index (χ0n) is 15.0. The summed E-state index contributed by atoms with van der Waals surface area (Å²) in [5.74, 6) is 1.29. The first-order chi connectivity index (χ1) is 12.1. The third-order valence-electron chi connectivity index (χ3n) is 4.64. The fraction of sp³-hybridized carbons (Fsp3) is 0.381. The van der Waals surface area contributed by atoms with E-state index in [1.165, 1.54) is 11.3 Å². The maximum atomic E-state index is 12.4. The Morgan fingerprint density at radius 3 is 2.28 bits per heavy atom. The largest absolute Gasteiger partial charge is 0.484 e. The van der Waals surface area contributed by atoms with Gasteiger partial charge in [0, 0.05) is 31.9 Å². The summed E-state index contributed by atoms with van der Waals surface area (Å²) in [5, 5.41) is 0. The normalized spacial score (nSPS) is 14.7. The van der Waals surface area contributed by atoms with Crippen molar-refractivity contribution in [2.45, 2.75) is 19.8 Å². The number of piperazine rings is 1. The lowest BCUT2D eigenvalue weighted by molar-refractivity contribution is -0.133. The average Bonchev–Trinajstić information content (AvgIpc) is 2.67. The molecule has 1 fully saturated rings. The van der Waals surface area contributed by atoms with Crippen molar-refractivity contribution in [2.75, 3.05) is 37.7 Å². The lowest BCUT2D eigenvalue weighted by atomic mass is 10.00. The molecule has 2 aromatic rings. The van der Waals surface area contributed by atoms with Gasteiger partial charge < -0.3 is 14.5 Å². The number of carbonyl (C=O) groups is 1. The molecule has 0 aliphatic carbocycles. The molecule has 0 bridgehead atoms. The van der Waals surface area contributed by atoms with Gasteiger partial charge >= 0.3 is 0 Å². The number of anilines is 1. The maximum absolute atomic E-state index is 12.4. The van der Waals surface area contributed by atoms with Crippen LogP contribution in [0.1, 0.15) is 25.3 Å². The molecule has 0 spiro atoms. The molecule has 1 saturated heterocycles. The first kappa shape index (κ1) is 17.3. The van der Waals surface area contributed by atoms with Crippen molar-refractivity contribution in [3.63, 3.8) is 0 Å². The predicted octanol–water partition coefficient (Wildman–Crippen LogP) is 3.54. The number of ether oxygens (including phenoxy) is 1. The second kappa shape index (κ2) is 8.06. The topological polar surface area (TPSA) is 32.8 Å². The highest BCUT2D eigenvalue weighted by molar-refractivity contribution is 5.78. The van der Waals surface area contributed by atoms with Crippen molar-refractivity contribution in [3.05, 3.63) is 60.2 Å². The summed E-state index contributed by atoms with van der Waals surface area (Å²) in [7, 11) is 0. The van der Waals surface area contributed by atoms with E-state index in [2.05, 4.69) is 43.0 Å². The highest BCUT2D eigenvalue weighted by Gasteiger charge is 2.23. The van der Waals surface area contributed by atoms with E-state index in [0.29, 0.717) is 5.92 Å². The van der Waals surface area contributed by atoms with Crippen LogP contribution >= 0.6 is 0 Å². The number of hydrogen-bond donors (Lipinski definition) is 0. The summed E-state index contributed by atoms with van der Waals surface area (Å²) in [6, 6.07) is 18.1. The molecule has 2 aromatic carbocycles. The number of rotatable bonds is 5. The van der Waals surface area contributed by atoms with Crippen molar-refractivity contribution < 1.29 is 9.53 Å². The van der Waals surface area contributed by atoms with Crippen molar-refractivity contribution in [2.24, 2.45) is 0 Å². The minimum Gasteiger partial charge on any atom is -0.484 e. The van der Waals surface area contributed by atoms with Gasteiger partial charge in [0.2, 0.25) is 0 Å². The van der Waals surface area contributed by atoms with E-state index in [9.17, 15) is 4.79 Å². The first-order valence-electron chi connectivity index (χ1n) is 8.94. The van der Waals surface area contributed by atoms with Crippen molar-refractivity contribution >= 4 is 11.6 Å². The molecule has 0 N–H and O–H groups in total. The number of carbonyl (C=O) groups excluding carboxylic acids is 1. The van der Waals surface area contributed by atoms with E-state index in [-0.39, 0.29) is 12.5 Å². The molecule has 132 valence electrons. The predicted molar refractivity (Wildman–Crippen MR) is 101 cm³/mol. The molecule has 1 aliphatic rings. The summed E-state index contributed by atoms with van der Waals surface area (Å²) in [6.07, 6.45) is 0. The molecular weight excluding hydrogens is 312 g/mol. The van der Waals surface area contributed by atoms with Crippen LogP contribution in [0, 0.1) is 0 Å². The minimum atomic E-state index is 0.0562. The van der Waals surface area contributed by atoms with Gasteiger partial charge in [-0.05, 0) is 29.7 Å². The quantitative estimate of drug-likeness (QED) is 0.836. The SMILES string of the molecule is CC(C)c1ccccc1N1CCN(C(=O)COc2ccccc2)CC1. The average molecular weight is 338 g/mol. The Bertz CT molecular complexity index is 692. The Morgan fingerprint density at radius 2 is 1.60 bits per heavy atom. The van der Waals surface area contributed by atoms with Gasteiger partial charge in [-0.15, -0.1) is 0 Å². The van der Waals surface area contributed by atoms with Crippen LogP contribution in [-0.2, 0) is 4.79 Å². The van der Waals surface area contributed by atoms with E-state index in [1.54, 1.807) is 0 Å². The van der Waals surface area contributed by atoms with Gasteiger partial charge in [-0.25, -0.2) is 0 Å². The second-order valence-corrected chi connectivity index (χ2v) is 6.68. The number of amides is 1. The van der Waals surface area contributed by atoms with Crippen LogP contribution in [0.2, 0.25) is 0 Å². The molecule has 1 aliphatic heterocycles. The molecule has 4 heteroatoms. The van der Waals surface area contributed by atoms with Crippen LogP contribution in [0.25, 0.3) is 0 Å². The summed E-state index contributed by atoms with van der Waals surface area (Å²) in [6.45, 7) is 7.75. The lowest BCUT2D eigenvalue weighted by Gasteiger charge is -2.37. The number of hydrogen-bond acceptors (Lipinski definition) is 3. The van der Waals surface area contributed by atoms with E-state index < -0.39 is 0 Å². The molecular formula is C21H26N2O2. The zero-order chi connectivity index (χ0) is 17.6. The van der Waals surface area contributed by atoms with Gasteiger partial charge in [0.15, 0.2) is 6.61 Å². The smallest absolute Gasteiger partial charge is 0.260 e. The fourth-order valence-electron chi connectivity index (χ4n) is 3.21. The number of nitrogens with zero attached hydrogens (tertiary/aromatic N) is 2. The second-order valence-electron chi connectivity index (χ2n) is 6.68. The Morgan fingerprint density at radius 1 is 0.960 bits per heavy atom. The molecule has 0 unspecified atom stereocenters. The molecule has 0 aromatic heterocycles. The van der Waals surface area contributed by atoms with Crippen LogP contribution in [-0.4, -0.2) is 43.6 Å². The Labute approximate surface area is 150 Å². The first-order valence-corrected chi connectivity index (χ1v) is 8.94. The van der Waals surface area contributed by atoms with E-state index in [0.717, 1.165) is 31.9 Å². The third kappa shape index (κ3) is 4.32. The highest BCUT2D eigenvalue weighted by atomic mass is 16.5. The summed E-state index contributed by atoms with van der Waals surface area (Å²) >= 11 is 0. The minimum absolute atomic E-state index is 0.0562. The highest BCUT2D eigenvalue weighted by Crippen LogP contribution is 2.28. The molecule has 0 saturated carbocycles. The van der Waals surface area contributed by atoms with Crippen LogP contribution < -0.4 is 9.64 Å². The van der Waals surface area contributed by atoms with Crippen molar-refractivity contribution in [1.82, 2.24) is 4.90 Å². The summed E-state index contributed by atoms with van der Waals surface area (Å²) in [4.78, 5) is 16.7. The lowest BCUT2D eigenvalue weighted by Crippen LogP contribution is -2.50. The standard InChI is InChI=1S/C21H26N2O2/c1-17(2)19-10-6-7-11-20(19)22-12-14-23(15-13-22)21(24)16-25-18-8-4-3-5-9-18/h3-11,17H,12-16H2,1-2H3. The van der Waals surface area contributed by atoms with E-state index >= 15 is 0 Å². The van der Waals surface area contributed by atoms with Crippen molar-refractivity contribution in [1.29, 1.82) is 0 Å².